The van der Waals surface area contributed by atoms with Gasteiger partial charge in [-0.15, -0.1) is 0 Å². The summed E-state index contributed by atoms with van der Waals surface area (Å²) in [6.07, 6.45) is 3.50. The highest BCUT2D eigenvalue weighted by atomic mass is 19.3. The summed E-state index contributed by atoms with van der Waals surface area (Å²) in [4.78, 5) is 24.7. The number of aromatic nitrogens is 2. The highest BCUT2D eigenvalue weighted by Crippen LogP contribution is 2.36. The maximum Gasteiger partial charge on any atom is 0.282 e. The number of hydrogen-bond acceptors (Lipinski definition) is 6. The average Bonchev–Trinajstić information content (AvgIpc) is 3.41. The summed E-state index contributed by atoms with van der Waals surface area (Å²) in [7, 11) is 1.58. The molecule has 2 fully saturated rings. The second kappa shape index (κ2) is 7.77. The zero-order chi connectivity index (χ0) is 20.5. The smallest absolute Gasteiger partial charge is 0.282 e. The highest BCUT2D eigenvalue weighted by Gasteiger charge is 2.46. The van der Waals surface area contributed by atoms with E-state index in [-0.39, 0.29) is 23.3 Å². The van der Waals surface area contributed by atoms with Crippen LogP contribution in [0.25, 0.3) is 0 Å². The third kappa shape index (κ3) is 4.87. The molecule has 0 unspecified atom stereocenters. The summed E-state index contributed by atoms with van der Waals surface area (Å²) >= 11 is 0. The summed E-state index contributed by atoms with van der Waals surface area (Å²) < 4.78 is 37.5. The molecule has 7 nitrogen and oxygen atoms in total. The summed E-state index contributed by atoms with van der Waals surface area (Å²) in [5.74, 6) is -2.16. The highest BCUT2D eigenvalue weighted by molar-refractivity contribution is 5.93. The van der Waals surface area contributed by atoms with Gasteiger partial charge in [0, 0.05) is 19.2 Å². The van der Waals surface area contributed by atoms with Crippen molar-refractivity contribution in [2.75, 3.05) is 44.9 Å². The van der Waals surface area contributed by atoms with Gasteiger partial charge in [0.25, 0.3) is 17.7 Å². The molecule has 28 heavy (non-hydrogen) atoms. The molecule has 0 radical (unpaired) electrons. The van der Waals surface area contributed by atoms with E-state index in [4.69, 9.17) is 9.47 Å². The van der Waals surface area contributed by atoms with E-state index in [0.717, 1.165) is 12.8 Å². The molecular weight excluding hydrogens is 370 g/mol. The first-order chi connectivity index (χ1) is 13.1. The number of hydrogen-bond donors (Lipinski definition) is 0. The molecule has 0 atom stereocenters. The van der Waals surface area contributed by atoms with Crippen LogP contribution in [0.2, 0.25) is 0 Å². The second-order valence-electron chi connectivity index (χ2n) is 8.47. The van der Waals surface area contributed by atoms with E-state index in [1.54, 1.807) is 12.0 Å². The van der Waals surface area contributed by atoms with Crippen molar-refractivity contribution in [1.29, 1.82) is 0 Å². The van der Waals surface area contributed by atoms with Crippen molar-refractivity contribution in [1.82, 2.24) is 14.9 Å². The topological polar surface area (TPSA) is 67.8 Å². The molecule has 3 rings (SSSR count). The first kappa shape index (κ1) is 20.7. The third-order valence-electron chi connectivity index (χ3n) is 4.81. The molecule has 1 aromatic rings. The van der Waals surface area contributed by atoms with E-state index in [0.29, 0.717) is 25.7 Å². The van der Waals surface area contributed by atoms with Crippen LogP contribution in [-0.4, -0.2) is 72.2 Å². The Labute approximate surface area is 164 Å². The molecule has 1 saturated heterocycles. The van der Waals surface area contributed by atoms with Crippen LogP contribution in [0.1, 0.15) is 44.1 Å². The molecule has 156 valence electrons. The Balaban J connectivity index is 1.83. The van der Waals surface area contributed by atoms with Crippen LogP contribution in [0.3, 0.4) is 0 Å². The average molecular weight is 398 g/mol. The molecule has 1 saturated carbocycles. The molecule has 0 bridgehead atoms. The SMILES string of the molecule is COCCN(C(=O)c1cnc(N2CC(F)(F)C2)c(OCC2CC2)n1)C(C)(C)C. The van der Waals surface area contributed by atoms with Crippen molar-refractivity contribution in [3.8, 4) is 5.88 Å². The maximum absolute atomic E-state index is 13.3. The largest absolute Gasteiger partial charge is 0.475 e. The van der Waals surface area contributed by atoms with Crippen LogP contribution >= 0.6 is 0 Å². The van der Waals surface area contributed by atoms with Gasteiger partial charge in [0.05, 0.1) is 32.5 Å². The lowest BCUT2D eigenvalue weighted by Crippen LogP contribution is -2.56. The molecule has 1 aromatic heterocycles. The third-order valence-corrected chi connectivity index (χ3v) is 4.81. The lowest BCUT2D eigenvalue weighted by Gasteiger charge is -2.39. The number of methoxy groups -OCH3 is 1. The van der Waals surface area contributed by atoms with Crippen molar-refractivity contribution in [3.05, 3.63) is 11.9 Å². The zero-order valence-electron chi connectivity index (χ0n) is 16.9. The monoisotopic (exact) mass is 398 g/mol. The van der Waals surface area contributed by atoms with Crippen LogP contribution < -0.4 is 9.64 Å². The molecule has 2 aliphatic rings. The summed E-state index contributed by atoms with van der Waals surface area (Å²) in [5.41, 5.74) is -0.308. The second-order valence-corrected chi connectivity index (χ2v) is 8.47. The fraction of sp³-hybridized carbons (Fsp3) is 0.737. The van der Waals surface area contributed by atoms with Crippen molar-refractivity contribution >= 4 is 11.7 Å². The Morgan fingerprint density at radius 2 is 2.04 bits per heavy atom. The lowest BCUT2D eigenvalue weighted by atomic mass is 10.1. The summed E-state index contributed by atoms with van der Waals surface area (Å²) in [6, 6.07) is 0. The van der Waals surface area contributed by atoms with Crippen LogP contribution in [0.15, 0.2) is 6.20 Å². The Morgan fingerprint density at radius 3 is 2.57 bits per heavy atom. The number of anilines is 1. The fourth-order valence-corrected chi connectivity index (χ4v) is 2.99. The van der Waals surface area contributed by atoms with Crippen LogP contribution in [0, 0.1) is 5.92 Å². The van der Waals surface area contributed by atoms with Crippen LogP contribution in [0.4, 0.5) is 14.6 Å². The number of carbonyl (C=O) groups excluding carboxylic acids is 1. The van der Waals surface area contributed by atoms with Gasteiger partial charge in [-0.1, -0.05) is 0 Å². The summed E-state index contributed by atoms with van der Waals surface area (Å²) in [5, 5.41) is 0. The number of halogens is 2. The van der Waals surface area contributed by atoms with Gasteiger partial charge in [0.2, 0.25) is 0 Å². The van der Waals surface area contributed by atoms with Crippen molar-refractivity contribution in [2.45, 2.75) is 45.1 Å². The number of alkyl halides is 2. The first-order valence-corrected chi connectivity index (χ1v) is 9.54. The Hall–Kier alpha value is -2.03. The van der Waals surface area contributed by atoms with E-state index in [1.165, 1.54) is 11.1 Å². The first-order valence-electron chi connectivity index (χ1n) is 9.54. The van der Waals surface area contributed by atoms with Gasteiger partial charge in [0.1, 0.15) is 0 Å². The minimum Gasteiger partial charge on any atom is -0.475 e. The molecule has 1 aliphatic carbocycles. The molecule has 0 aromatic carbocycles. The molecule has 9 heteroatoms. The van der Waals surface area contributed by atoms with Crippen LogP contribution in [0.5, 0.6) is 5.88 Å². The van der Waals surface area contributed by atoms with E-state index in [2.05, 4.69) is 9.97 Å². The minimum absolute atomic E-state index is 0.132. The molecular formula is C19H28F2N4O3. The van der Waals surface area contributed by atoms with Gasteiger partial charge in [-0.25, -0.2) is 18.7 Å². The van der Waals surface area contributed by atoms with Gasteiger partial charge >= 0.3 is 0 Å². The molecule has 0 spiro atoms. The standard InChI is InChI=1S/C19H28F2N4O3/c1-18(2,3)25(7-8-27-4)17(26)14-9-22-15(24-11-19(20,21)12-24)16(23-14)28-10-13-5-6-13/h9,13H,5-8,10-12H2,1-4H3. The van der Waals surface area contributed by atoms with Gasteiger partial charge in [-0.3, -0.25) is 4.79 Å². The van der Waals surface area contributed by atoms with E-state index in [9.17, 15) is 13.6 Å². The minimum atomic E-state index is -2.73. The molecule has 1 aliphatic heterocycles. The van der Waals surface area contributed by atoms with Gasteiger partial charge in [-0.2, -0.15) is 0 Å². The van der Waals surface area contributed by atoms with Crippen molar-refractivity contribution in [3.63, 3.8) is 0 Å². The zero-order valence-corrected chi connectivity index (χ0v) is 16.9. The Bertz CT molecular complexity index is 712. The van der Waals surface area contributed by atoms with Gasteiger partial charge in [0.15, 0.2) is 11.5 Å². The van der Waals surface area contributed by atoms with E-state index in [1.807, 2.05) is 20.8 Å². The number of ether oxygens (including phenoxy) is 2. The van der Waals surface area contributed by atoms with E-state index >= 15 is 0 Å². The Kier molecular flexibility index (Phi) is 5.74. The molecule has 0 N–H and O–H groups in total. The molecule has 1 amide bonds. The maximum atomic E-state index is 13.3. The lowest BCUT2D eigenvalue weighted by molar-refractivity contribution is -0.0270. The number of nitrogens with zero attached hydrogens (tertiary/aromatic N) is 4. The number of amides is 1. The number of rotatable bonds is 8. The number of carbonyl (C=O) groups is 1. The van der Waals surface area contributed by atoms with Crippen LogP contribution in [-0.2, 0) is 4.74 Å². The summed E-state index contributed by atoms with van der Waals surface area (Å²) in [6.45, 7) is 6.18. The normalized spacial score (nSPS) is 18.6. The Morgan fingerprint density at radius 1 is 1.36 bits per heavy atom. The van der Waals surface area contributed by atoms with Gasteiger partial charge in [-0.05, 0) is 39.5 Å². The van der Waals surface area contributed by atoms with Crippen molar-refractivity contribution < 1.29 is 23.0 Å². The predicted molar refractivity (Wildman–Crippen MR) is 100 cm³/mol. The fourth-order valence-electron chi connectivity index (χ4n) is 2.99. The molecule has 2 heterocycles. The predicted octanol–water partition coefficient (Wildman–Crippen LogP) is 2.61. The quantitative estimate of drug-likeness (QED) is 0.671. The van der Waals surface area contributed by atoms with E-state index < -0.39 is 24.6 Å². The van der Waals surface area contributed by atoms with Gasteiger partial charge < -0.3 is 19.3 Å². The van der Waals surface area contributed by atoms with Crippen molar-refractivity contribution in [2.24, 2.45) is 5.92 Å².